The molecule has 2 rings (SSSR count). The van der Waals surface area contributed by atoms with Gasteiger partial charge in [-0.25, -0.2) is 0 Å². The second-order valence-corrected chi connectivity index (χ2v) is 5.18. The van der Waals surface area contributed by atoms with Crippen molar-refractivity contribution in [2.24, 2.45) is 11.7 Å². The van der Waals surface area contributed by atoms with Crippen LogP contribution in [0.4, 0.5) is 5.69 Å². The Hall–Kier alpha value is -1.07. The first-order chi connectivity index (χ1) is 8.09. The molecule has 1 amide bonds. The number of hydrogen-bond acceptors (Lipinski definition) is 3. The summed E-state index contributed by atoms with van der Waals surface area (Å²) in [5.41, 5.74) is 6.29. The van der Waals surface area contributed by atoms with E-state index in [9.17, 15) is 9.90 Å². The van der Waals surface area contributed by atoms with E-state index < -0.39 is 0 Å². The number of anilines is 1. The minimum absolute atomic E-state index is 0.0485. The largest absolute Gasteiger partial charge is 0.505 e. The van der Waals surface area contributed by atoms with Crippen LogP contribution in [0.5, 0.6) is 5.75 Å². The minimum atomic E-state index is -0.145. The van der Waals surface area contributed by atoms with Gasteiger partial charge >= 0.3 is 0 Å². The number of aromatic hydroxyl groups is 1. The van der Waals surface area contributed by atoms with Crippen LogP contribution in [0.2, 0.25) is 0 Å². The Morgan fingerprint density at radius 1 is 1.47 bits per heavy atom. The van der Waals surface area contributed by atoms with Crippen LogP contribution in [0, 0.1) is 5.92 Å². The summed E-state index contributed by atoms with van der Waals surface area (Å²) in [5, 5.41) is 12.5. The molecule has 2 atom stereocenters. The van der Waals surface area contributed by atoms with Crippen LogP contribution in [0.3, 0.4) is 0 Å². The zero-order chi connectivity index (χ0) is 12.4. The first-order valence-corrected chi connectivity index (χ1v) is 6.43. The lowest BCUT2D eigenvalue weighted by Gasteiger charge is -2.16. The Morgan fingerprint density at radius 2 is 2.24 bits per heavy atom. The predicted molar refractivity (Wildman–Crippen MR) is 69.8 cm³/mol. The van der Waals surface area contributed by atoms with Crippen molar-refractivity contribution in [2.75, 3.05) is 5.32 Å². The average Bonchev–Trinajstić information content (AvgIpc) is 2.71. The maximum Gasteiger partial charge on any atom is 0.229 e. The van der Waals surface area contributed by atoms with Crippen LogP contribution < -0.4 is 11.1 Å². The van der Waals surface area contributed by atoms with E-state index in [1.807, 2.05) is 0 Å². The lowest BCUT2D eigenvalue weighted by atomic mass is 10.0. The van der Waals surface area contributed by atoms with Crippen molar-refractivity contribution >= 4 is 27.5 Å². The topological polar surface area (TPSA) is 75.4 Å². The number of amides is 1. The molecule has 0 aliphatic heterocycles. The highest BCUT2D eigenvalue weighted by molar-refractivity contribution is 9.10. The minimum Gasteiger partial charge on any atom is -0.505 e. The fourth-order valence-corrected chi connectivity index (χ4v) is 2.52. The van der Waals surface area contributed by atoms with Gasteiger partial charge in [0, 0.05) is 6.04 Å². The molecule has 2 unspecified atom stereocenters. The second kappa shape index (κ2) is 5.06. The van der Waals surface area contributed by atoms with Crippen molar-refractivity contribution in [2.45, 2.75) is 25.3 Å². The highest BCUT2D eigenvalue weighted by atomic mass is 79.9. The van der Waals surface area contributed by atoms with E-state index in [0.29, 0.717) is 10.2 Å². The molecular formula is C12H15BrN2O2. The molecule has 1 aliphatic carbocycles. The third-order valence-electron chi connectivity index (χ3n) is 3.15. The van der Waals surface area contributed by atoms with Gasteiger partial charge in [0.05, 0.1) is 16.1 Å². The molecule has 0 spiro atoms. The Bertz CT molecular complexity index is 437. The molecule has 17 heavy (non-hydrogen) atoms. The summed E-state index contributed by atoms with van der Waals surface area (Å²) < 4.78 is 0.561. The number of carbonyl (C=O) groups is 1. The SMILES string of the molecule is NC1CCCC1C(=O)Nc1cccc(Br)c1O. The summed E-state index contributed by atoms with van der Waals surface area (Å²) >= 11 is 3.21. The quantitative estimate of drug-likeness (QED) is 0.733. The van der Waals surface area contributed by atoms with Gasteiger partial charge in [0.1, 0.15) is 0 Å². The van der Waals surface area contributed by atoms with Gasteiger partial charge in [-0.3, -0.25) is 4.79 Å². The summed E-state index contributed by atoms with van der Waals surface area (Å²) in [7, 11) is 0. The zero-order valence-electron chi connectivity index (χ0n) is 9.32. The van der Waals surface area contributed by atoms with Gasteiger partial charge in [0.25, 0.3) is 0 Å². The van der Waals surface area contributed by atoms with E-state index in [1.165, 1.54) is 0 Å². The third kappa shape index (κ3) is 2.61. The standard InChI is InChI=1S/C12H15BrN2O2/c13-8-4-2-6-10(11(8)16)15-12(17)7-3-1-5-9(7)14/h2,4,6-7,9,16H,1,3,5,14H2,(H,15,17). The Balaban J connectivity index is 2.10. The number of benzene rings is 1. The highest BCUT2D eigenvalue weighted by Crippen LogP contribution is 2.33. The number of rotatable bonds is 2. The Kier molecular flexibility index (Phi) is 3.69. The summed E-state index contributed by atoms with van der Waals surface area (Å²) in [6, 6.07) is 5.07. The number of halogens is 1. The van der Waals surface area contributed by atoms with E-state index in [-0.39, 0.29) is 23.6 Å². The molecular weight excluding hydrogens is 284 g/mol. The molecule has 1 aromatic rings. The molecule has 1 fully saturated rings. The summed E-state index contributed by atoms with van der Waals surface area (Å²) in [5.74, 6) is -0.204. The fraction of sp³-hybridized carbons (Fsp3) is 0.417. The number of carbonyl (C=O) groups excluding carboxylic acids is 1. The Labute approximate surface area is 108 Å². The predicted octanol–water partition coefficient (Wildman–Crippen LogP) is 2.22. The van der Waals surface area contributed by atoms with Crippen molar-refractivity contribution < 1.29 is 9.90 Å². The summed E-state index contributed by atoms with van der Waals surface area (Å²) in [6.07, 6.45) is 2.70. The molecule has 4 nitrogen and oxygen atoms in total. The molecule has 1 aliphatic rings. The molecule has 4 N–H and O–H groups in total. The van der Waals surface area contributed by atoms with Gasteiger partial charge in [0.2, 0.25) is 5.91 Å². The molecule has 1 aromatic carbocycles. The molecule has 0 bridgehead atoms. The molecule has 0 aromatic heterocycles. The van der Waals surface area contributed by atoms with Gasteiger partial charge in [-0.05, 0) is 40.9 Å². The van der Waals surface area contributed by atoms with Crippen molar-refractivity contribution in [1.82, 2.24) is 0 Å². The van der Waals surface area contributed by atoms with Crippen LogP contribution in [0.15, 0.2) is 22.7 Å². The number of phenols is 1. The van der Waals surface area contributed by atoms with E-state index in [0.717, 1.165) is 19.3 Å². The first-order valence-electron chi connectivity index (χ1n) is 5.63. The monoisotopic (exact) mass is 298 g/mol. The van der Waals surface area contributed by atoms with Crippen LogP contribution >= 0.6 is 15.9 Å². The smallest absolute Gasteiger partial charge is 0.229 e. The van der Waals surface area contributed by atoms with Crippen molar-refractivity contribution in [3.63, 3.8) is 0 Å². The average molecular weight is 299 g/mol. The number of phenolic OH excluding ortho intramolecular Hbond substituents is 1. The zero-order valence-corrected chi connectivity index (χ0v) is 10.9. The van der Waals surface area contributed by atoms with Crippen LogP contribution in [0.25, 0.3) is 0 Å². The van der Waals surface area contributed by atoms with Crippen LogP contribution in [-0.2, 0) is 4.79 Å². The highest BCUT2D eigenvalue weighted by Gasteiger charge is 2.30. The van der Waals surface area contributed by atoms with E-state index in [1.54, 1.807) is 18.2 Å². The summed E-state index contributed by atoms with van der Waals surface area (Å²) in [4.78, 5) is 12.0. The van der Waals surface area contributed by atoms with E-state index in [4.69, 9.17) is 5.73 Å². The molecule has 0 heterocycles. The van der Waals surface area contributed by atoms with Crippen molar-refractivity contribution in [1.29, 1.82) is 0 Å². The normalized spacial score (nSPS) is 23.6. The van der Waals surface area contributed by atoms with Crippen molar-refractivity contribution in [3.05, 3.63) is 22.7 Å². The molecule has 0 radical (unpaired) electrons. The second-order valence-electron chi connectivity index (χ2n) is 4.33. The number of nitrogens with one attached hydrogen (secondary N) is 1. The molecule has 1 saturated carbocycles. The number of hydrogen-bond donors (Lipinski definition) is 3. The third-order valence-corrected chi connectivity index (χ3v) is 3.79. The van der Waals surface area contributed by atoms with Crippen LogP contribution in [-0.4, -0.2) is 17.1 Å². The van der Waals surface area contributed by atoms with E-state index >= 15 is 0 Å². The molecule has 5 heteroatoms. The van der Waals surface area contributed by atoms with Gasteiger partial charge in [-0.2, -0.15) is 0 Å². The maximum absolute atomic E-state index is 12.0. The van der Waals surface area contributed by atoms with Gasteiger partial charge in [-0.1, -0.05) is 12.5 Å². The summed E-state index contributed by atoms with van der Waals surface area (Å²) in [6.45, 7) is 0. The lowest BCUT2D eigenvalue weighted by Crippen LogP contribution is -2.34. The first kappa shape index (κ1) is 12.4. The lowest BCUT2D eigenvalue weighted by molar-refractivity contribution is -0.120. The number of nitrogens with two attached hydrogens (primary N) is 1. The molecule has 0 saturated heterocycles. The van der Waals surface area contributed by atoms with E-state index in [2.05, 4.69) is 21.2 Å². The number of para-hydroxylation sites is 1. The van der Waals surface area contributed by atoms with Crippen LogP contribution in [0.1, 0.15) is 19.3 Å². The fourth-order valence-electron chi connectivity index (χ4n) is 2.16. The maximum atomic E-state index is 12.0. The van der Waals surface area contributed by atoms with Gasteiger partial charge in [0.15, 0.2) is 5.75 Å². The van der Waals surface area contributed by atoms with Gasteiger partial charge < -0.3 is 16.2 Å². The Morgan fingerprint density at radius 3 is 2.88 bits per heavy atom. The van der Waals surface area contributed by atoms with Gasteiger partial charge in [-0.15, -0.1) is 0 Å². The molecule has 92 valence electrons. The van der Waals surface area contributed by atoms with Crippen molar-refractivity contribution in [3.8, 4) is 5.75 Å².